The molecule has 14 heavy (non-hydrogen) atoms. The van der Waals surface area contributed by atoms with Crippen molar-refractivity contribution in [3.8, 4) is 0 Å². The standard InChI is InChI=1S/C9H11F2N3/c10-9(11)4-1-3-7(9)14-8-12-5-2-6-13-8/h2,5-7H,1,3-4H2,(H,12,13,14). The summed E-state index contributed by atoms with van der Waals surface area (Å²) in [5, 5.41) is 2.66. The van der Waals surface area contributed by atoms with E-state index in [-0.39, 0.29) is 12.4 Å². The molecule has 1 saturated carbocycles. The molecule has 0 aliphatic heterocycles. The summed E-state index contributed by atoms with van der Waals surface area (Å²) in [7, 11) is 0. The molecule has 1 fully saturated rings. The van der Waals surface area contributed by atoms with E-state index in [1.807, 2.05) is 0 Å². The first-order valence-corrected chi connectivity index (χ1v) is 4.60. The summed E-state index contributed by atoms with van der Waals surface area (Å²) < 4.78 is 26.4. The highest BCUT2D eigenvalue weighted by atomic mass is 19.3. The summed E-state index contributed by atoms with van der Waals surface area (Å²) in [4.78, 5) is 7.70. The van der Waals surface area contributed by atoms with Gasteiger partial charge in [-0.15, -0.1) is 0 Å². The topological polar surface area (TPSA) is 37.8 Å². The Kier molecular flexibility index (Phi) is 2.31. The summed E-state index contributed by atoms with van der Waals surface area (Å²) in [5.74, 6) is -2.35. The van der Waals surface area contributed by atoms with Gasteiger partial charge in [-0.25, -0.2) is 18.7 Å². The van der Waals surface area contributed by atoms with Crippen molar-refractivity contribution >= 4 is 5.95 Å². The van der Waals surface area contributed by atoms with Crippen LogP contribution in [0.15, 0.2) is 18.5 Å². The van der Waals surface area contributed by atoms with Crippen molar-refractivity contribution in [1.82, 2.24) is 9.97 Å². The van der Waals surface area contributed by atoms with Crippen LogP contribution in [0, 0.1) is 0 Å². The lowest BCUT2D eigenvalue weighted by molar-refractivity contribution is -0.000796. The number of hydrogen-bond donors (Lipinski definition) is 1. The van der Waals surface area contributed by atoms with Crippen molar-refractivity contribution in [1.29, 1.82) is 0 Å². The predicted octanol–water partition coefficient (Wildman–Crippen LogP) is 2.08. The van der Waals surface area contributed by atoms with Gasteiger partial charge in [0.15, 0.2) is 0 Å². The van der Waals surface area contributed by atoms with Crippen LogP contribution in [-0.4, -0.2) is 21.9 Å². The highest BCUT2D eigenvalue weighted by Crippen LogP contribution is 2.36. The molecule has 76 valence electrons. The number of hydrogen-bond acceptors (Lipinski definition) is 3. The maximum absolute atomic E-state index is 13.2. The second kappa shape index (κ2) is 3.48. The molecule has 0 radical (unpaired) electrons. The molecule has 1 heterocycles. The van der Waals surface area contributed by atoms with Crippen molar-refractivity contribution in [2.24, 2.45) is 0 Å². The van der Waals surface area contributed by atoms with E-state index < -0.39 is 12.0 Å². The number of nitrogens with zero attached hydrogens (tertiary/aromatic N) is 2. The molecule has 1 aliphatic rings. The molecule has 0 saturated heterocycles. The van der Waals surface area contributed by atoms with E-state index in [0.717, 1.165) is 0 Å². The minimum Gasteiger partial charge on any atom is -0.345 e. The van der Waals surface area contributed by atoms with Crippen LogP contribution in [0.25, 0.3) is 0 Å². The third-order valence-electron chi connectivity index (χ3n) is 2.38. The van der Waals surface area contributed by atoms with E-state index >= 15 is 0 Å². The summed E-state index contributed by atoms with van der Waals surface area (Å²) >= 11 is 0. The van der Waals surface area contributed by atoms with Gasteiger partial charge in [0.25, 0.3) is 5.92 Å². The van der Waals surface area contributed by atoms with Gasteiger partial charge in [-0.2, -0.15) is 0 Å². The molecular formula is C9H11F2N3. The van der Waals surface area contributed by atoms with Crippen molar-refractivity contribution in [2.75, 3.05) is 5.32 Å². The van der Waals surface area contributed by atoms with Crippen molar-refractivity contribution < 1.29 is 8.78 Å². The molecule has 3 nitrogen and oxygen atoms in total. The number of alkyl halides is 2. The Hall–Kier alpha value is -1.26. The lowest BCUT2D eigenvalue weighted by atomic mass is 10.2. The van der Waals surface area contributed by atoms with Crippen LogP contribution in [-0.2, 0) is 0 Å². The summed E-state index contributed by atoms with van der Waals surface area (Å²) in [6.45, 7) is 0. The maximum Gasteiger partial charge on any atom is 0.267 e. The zero-order valence-corrected chi connectivity index (χ0v) is 7.58. The van der Waals surface area contributed by atoms with Gasteiger partial charge in [0.05, 0.1) is 6.04 Å². The van der Waals surface area contributed by atoms with Crippen molar-refractivity contribution in [2.45, 2.75) is 31.2 Å². The van der Waals surface area contributed by atoms with E-state index in [2.05, 4.69) is 15.3 Å². The molecule has 1 aromatic heterocycles. The number of nitrogens with one attached hydrogen (secondary N) is 1. The number of halogens is 2. The zero-order chi connectivity index (χ0) is 10.0. The Morgan fingerprint density at radius 2 is 2.07 bits per heavy atom. The SMILES string of the molecule is FC1(F)CCCC1Nc1ncccn1. The second-order valence-corrected chi connectivity index (χ2v) is 3.42. The lowest BCUT2D eigenvalue weighted by Crippen LogP contribution is -2.34. The zero-order valence-electron chi connectivity index (χ0n) is 7.58. The largest absolute Gasteiger partial charge is 0.345 e. The van der Waals surface area contributed by atoms with E-state index in [1.165, 1.54) is 12.4 Å². The molecule has 2 rings (SSSR count). The van der Waals surface area contributed by atoms with Gasteiger partial charge in [-0.05, 0) is 18.9 Å². The smallest absolute Gasteiger partial charge is 0.267 e. The molecule has 0 spiro atoms. The lowest BCUT2D eigenvalue weighted by Gasteiger charge is -2.19. The van der Waals surface area contributed by atoms with Crippen LogP contribution < -0.4 is 5.32 Å². The highest BCUT2D eigenvalue weighted by molar-refractivity contribution is 5.26. The van der Waals surface area contributed by atoms with E-state index in [1.54, 1.807) is 6.07 Å². The minimum absolute atomic E-state index is 0.0441. The number of anilines is 1. The molecule has 0 bridgehead atoms. The normalized spacial score (nSPS) is 24.9. The quantitative estimate of drug-likeness (QED) is 0.792. The Labute approximate surface area is 80.6 Å². The summed E-state index contributed by atoms with van der Waals surface area (Å²) in [5.41, 5.74) is 0. The van der Waals surface area contributed by atoms with E-state index in [9.17, 15) is 8.78 Å². The van der Waals surface area contributed by atoms with Gasteiger partial charge in [-0.1, -0.05) is 0 Å². The molecule has 1 unspecified atom stereocenters. The fraction of sp³-hybridized carbons (Fsp3) is 0.556. The molecule has 1 atom stereocenters. The monoisotopic (exact) mass is 199 g/mol. The van der Waals surface area contributed by atoms with Gasteiger partial charge >= 0.3 is 0 Å². The third-order valence-corrected chi connectivity index (χ3v) is 2.38. The van der Waals surface area contributed by atoms with Gasteiger partial charge in [0, 0.05) is 18.8 Å². The fourth-order valence-corrected chi connectivity index (χ4v) is 1.63. The number of aromatic nitrogens is 2. The van der Waals surface area contributed by atoms with Gasteiger partial charge < -0.3 is 5.32 Å². The molecule has 1 aliphatic carbocycles. The Morgan fingerprint density at radius 1 is 1.36 bits per heavy atom. The molecule has 1 aromatic rings. The van der Waals surface area contributed by atoms with E-state index in [0.29, 0.717) is 12.8 Å². The molecular weight excluding hydrogens is 188 g/mol. The fourth-order valence-electron chi connectivity index (χ4n) is 1.63. The summed E-state index contributed by atoms with van der Waals surface area (Å²) in [6, 6.07) is 0.836. The molecule has 1 N–H and O–H groups in total. The van der Waals surface area contributed by atoms with Crippen LogP contribution in [0.3, 0.4) is 0 Å². The first-order chi connectivity index (χ1) is 6.68. The number of rotatable bonds is 2. The van der Waals surface area contributed by atoms with E-state index in [4.69, 9.17) is 0 Å². The Morgan fingerprint density at radius 3 is 2.64 bits per heavy atom. The summed E-state index contributed by atoms with van der Waals surface area (Å²) in [6.07, 6.45) is 4.05. The predicted molar refractivity (Wildman–Crippen MR) is 48.2 cm³/mol. The van der Waals surface area contributed by atoms with Gasteiger partial charge in [0.1, 0.15) is 0 Å². The van der Waals surface area contributed by atoms with Crippen LogP contribution in [0.1, 0.15) is 19.3 Å². The van der Waals surface area contributed by atoms with Crippen LogP contribution in [0.5, 0.6) is 0 Å². The van der Waals surface area contributed by atoms with Crippen LogP contribution >= 0.6 is 0 Å². The second-order valence-electron chi connectivity index (χ2n) is 3.42. The first-order valence-electron chi connectivity index (χ1n) is 4.60. The van der Waals surface area contributed by atoms with Gasteiger partial charge in [-0.3, -0.25) is 0 Å². The average molecular weight is 199 g/mol. The highest BCUT2D eigenvalue weighted by Gasteiger charge is 2.44. The first kappa shape index (κ1) is 9.30. The molecule has 0 aromatic carbocycles. The average Bonchev–Trinajstić information content (AvgIpc) is 2.48. The Bertz CT molecular complexity index is 302. The molecule has 5 heteroatoms. The van der Waals surface area contributed by atoms with Crippen LogP contribution in [0.2, 0.25) is 0 Å². The van der Waals surface area contributed by atoms with Crippen molar-refractivity contribution in [3.05, 3.63) is 18.5 Å². The Balaban J connectivity index is 2.05. The van der Waals surface area contributed by atoms with Crippen molar-refractivity contribution in [3.63, 3.8) is 0 Å². The maximum atomic E-state index is 13.2. The van der Waals surface area contributed by atoms with Gasteiger partial charge in [0.2, 0.25) is 5.95 Å². The third kappa shape index (κ3) is 1.81. The molecule has 0 amide bonds. The van der Waals surface area contributed by atoms with Crippen LogP contribution in [0.4, 0.5) is 14.7 Å². The minimum atomic E-state index is -2.63.